The number of amides is 1. The van der Waals surface area contributed by atoms with Crippen LogP contribution in [0, 0.1) is 0 Å². The first kappa shape index (κ1) is 18.9. The molecule has 0 saturated carbocycles. The molecule has 29 heavy (non-hydrogen) atoms. The largest absolute Gasteiger partial charge is 0.497 e. The highest BCUT2D eigenvalue weighted by atomic mass is 32.1. The standard InChI is InChI=1S/C20H19N3O5S/c1-25-14-3-5-15(6-4-14)26-9-8-21-19(24)16-11-29-20(23-16)22-13-2-7-17-18(10-13)28-12-27-17/h2-7,10-11H,8-9,12H2,1H3,(H,21,24)(H,22,23). The van der Waals surface area contributed by atoms with Crippen LogP contribution >= 0.6 is 11.3 Å². The summed E-state index contributed by atoms with van der Waals surface area (Å²) in [6.45, 7) is 0.945. The lowest BCUT2D eigenvalue weighted by atomic mass is 10.3. The number of hydrogen-bond acceptors (Lipinski definition) is 8. The summed E-state index contributed by atoms with van der Waals surface area (Å²) in [5.41, 5.74) is 1.16. The number of thiazole rings is 1. The molecule has 0 unspecified atom stereocenters. The van der Waals surface area contributed by atoms with Gasteiger partial charge >= 0.3 is 0 Å². The van der Waals surface area contributed by atoms with Gasteiger partial charge in [-0.25, -0.2) is 4.98 Å². The van der Waals surface area contributed by atoms with Crippen molar-refractivity contribution in [1.29, 1.82) is 0 Å². The Morgan fingerprint density at radius 3 is 2.76 bits per heavy atom. The second kappa shape index (κ2) is 8.70. The molecule has 0 bridgehead atoms. The molecule has 1 amide bonds. The summed E-state index contributed by atoms with van der Waals surface area (Å²) in [4.78, 5) is 16.6. The molecule has 1 aliphatic heterocycles. The fourth-order valence-corrected chi connectivity index (χ4v) is 3.34. The van der Waals surface area contributed by atoms with E-state index < -0.39 is 0 Å². The van der Waals surface area contributed by atoms with Crippen molar-refractivity contribution >= 4 is 28.1 Å². The van der Waals surface area contributed by atoms with Crippen LogP contribution in [0.25, 0.3) is 0 Å². The summed E-state index contributed by atoms with van der Waals surface area (Å²) >= 11 is 1.35. The Kier molecular flexibility index (Phi) is 5.66. The molecule has 0 radical (unpaired) electrons. The minimum atomic E-state index is -0.252. The molecule has 0 spiro atoms. The average molecular weight is 413 g/mol. The van der Waals surface area contributed by atoms with Gasteiger partial charge in [-0.15, -0.1) is 11.3 Å². The molecule has 2 N–H and O–H groups in total. The van der Waals surface area contributed by atoms with Gasteiger partial charge in [0, 0.05) is 17.1 Å². The lowest BCUT2D eigenvalue weighted by Gasteiger charge is -2.07. The lowest BCUT2D eigenvalue weighted by molar-refractivity contribution is 0.0943. The summed E-state index contributed by atoms with van der Waals surface area (Å²) in [5, 5.41) is 8.28. The van der Waals surface area contributed by atoms with Gasteiger partial charge in [-0.3, -0.25) is 4.79 Å². The molecule has 0 atom stereocenters. The quantitative estimate of drug-likeness (QED) is 0.547. The van der Waals surface area contributed by atoms with Gasteiger partial charge in [-0.05, 0) is 36.4 Å². The molecule has 0 saturated heterocycles. The van der Waals surface area contributed by atoms with Crippen LogP contribution in [0.1, 0.15) is 10.5 Å². The molecule has 0 aliphatic carbocycles. The van der Waals surface area contributed by atoms with Crippen LogP contribution in [0.4, 0.5) is 10.8 Å². The third-order valence-corrected chi connectivity index (χ3v) is 4.83. The molecule has 8 nitrogen and oxygen atoms in total. The second-order valence-electron chi connectivity index (χ2n) is 6.01. The van der Waals surface area contributed by atoms with E-state index in [9.17, 15) is 4.79 Å². The van der Waals surface area contributed by atoms with Gasteiger partial charge in [-0.1, -0.05) is 0 Å². The number of benzene rings is 2. The molecule has 0 fully saturated rings. The molecular formula is C20H19N3O5S. The predicted molar refractivity (Wildman–Crippen MR) is 109 cm³/mol. The Bertz CT molecular complexity index is 990. The van der Waals surface area contributed by atoms with Crippen molar-refractivity contribution in [3.63, 3.8) is 0 Å². The Balaban J connectivity index is 1.25. The number of carbonyl (C=O) groups excluding carboxylic acids is 1. The fourth-order valence-electron chi connectivity index (χ4n) is 2.63. The maximum absolute atomic E-state index is 12.3. The van der Waals surface area contributed by atoms with E-state index in [-0.39, 0.29) is 12.7 Å². The number of nitrogens with zero attached hydrogens (tertiary/aromatic N) is 1. The Hall–Kier alpha value is -3.46. The van der Waals surface area contributed by atoms with Gasteiger partial charge in [0.15, 0.2) is 16.6 Å². The number of fused-ring (bicyclic) bond motifs is 1. The summed E-state index contributed by atoms with van der Waals surface area (Å²) < 4.78 is 21.3. The number of anilines is 2. The number of ether oxygens (including phenoxy) is 4. The second-order valence-corrected chi connectivity index (χ2v) is 6.87. The number of methoxy groups -OCH3 is 1. The van der Waals surface area contributed by atoms with Crippen LogP contribution in [0.5, 0.6) is 23.0 Å². The van der Waals surface area contributed by atoms with Crippen LogP contribution in [0.15, 0.2) is 47.8 Å². The van der Waals surface area contributed by atoms with Crippen molar-refractivity contribution in [3.05, 3.63) is 53.5 Å². The van der Waals surface area contributed by atoms with Crippen LogP contribution in [-0.2, 0) is 0 Å². The van der Waals surface area contributed by atoms with Gasteiger partial charge in [0.2, 0.25) is 6.79 Å². The van der Waals surface area contributed by atoms with Gasteiger partial charge in [0.1, 0.15) is 23.8 Å². The van der Waals surface area contributed by atoms with E-state index in [1.165, 1.54) is 11.3 Å². The first-order chi connectivity index (χ1) is 14.2. The van der Waals surface area contributed by atoms with Gasteiger partial charge < -0.3 is 29.6 Å². The highest BCUT2D eigenvalue weighted by Crippen LogP contribution is 2.35. The molecule has 1 aromatic heterocycles. The predicted octanol–water partition coefficient (Wildman–Crippen LogP) is 3.43. The Morgan fingerprint density at radius 1 is 1.14 bits per heavy atom. The van der Waals surface area contributed by atoms with Crippen molar-refractivity contribution in [2.24, 2.45) is 0 Å². The van der Waals surface area contributed by atoms with Gasteiger partial charge in [-0.2, -0.15) is 0 Å². The van der Waals surface area contributed by atoms with Crippen LogP contribution in [0.3, 0.4) is 0 Å². The van der Waals surface area contributed by atoms with E-state index in [2.05, 4.69) is 15.6 Å². The number of aromatic nitrogens is 1. The van der Waals surface area contributed by atoms with E-state index in [1.54, 1.807) is 12.5 Å². The minimum Gasteiger partial charge on any atom is -0.497 e. The van der Waals surface area contributed by atoms with E-state index >= 15 is 0 Å². The topological polar surface area (TPSA) is 90.9 Å². The number of hydrogen-bond donors (Lipinski definition) is 2. The van der Waals surface area contributed by atoms with Gasteiger partial charge in [0.05, 0.1) is 13.7 Å². The third kappa shape index (κ3) is 4.69. The first-order valence-corrected chi connectivity index (χ1v) is 9.76. The average Bonchev–Trinajstić information content (AvgIpc) is 3.41. The molecule has 150 valence electrons. The first-order valence-electron chi connectivity index (χ1n) is 8.88. The van der Waals surface area contributed by atoms with Crippen molar-refractivity contribution < 1.29 is 23.7 Å². The minimum absolute atomic E-state index is 0.225. The number of rotatable bonds is 8. The maximum Gasteiger partial charge on any atom is 0.270 e. The normalized spacial score (nSPS) is 11.8. The van der Waals surface area contributed by atoms with Crippen LogP contribution < -0.4 is 29.6 Å². The fraction of sp³-hybridized carbons (Fsp3) is 0.200. The maximum atomic E-state index is 12.3. The van der Waals surface area contributed by atoms with Crippen molar-refractivity contribution in [2.75, 3.05) is 32.4 Å². The molecule has 9 heteroatoms. The summed E-state index contributed by atoms with van der Waals surface area (Å²) in [6.07, 6.45) is 0. The van der Waals surface area contributed by atoms with E-state index in [0.29, 0.717) is 41.2 Å². The zero-order chi connectivity index (χ0) is 20.1. The molecule has 2 heterocycles. The van der Waals surface area contributed by atoms with Crippen molar-refractivity contribution in [1.82, 2.24) is 10.3 Å². The number of carbonyl (C=O) groups is 1. The van der Waals surface area contributed by atoms with Crippen molar-refractivity contribution in [2.45, 2.75) is 0 Å². The molecular weight excluding hydrogens is 394 g/mol. The lowest BCUT2D eigenvalue weighted by Crippen LogP contribution is -2.28. The zero-order valence-electron chi connectivity index (χ0n) is 15.6. The number of nitrogens with one attached hydrogen (secondary N) is 2. The summed E-state index contributed by atoms with van der Waals surface area (Å²) in [5.74, 6) is 2.62. The smallest absolute Gasteiger partial charge is 0.270 e. The molecule has 2 aromatic carbocycles. The third-order valence-electron chi connectivity index (χ3n) is 4.08. The molecule has 3 aromatic rings. The Morgan fingerprint density at radius 2 is 1.93 bits per heavy atom. The highest BCUT2D eigenvalue weighted by Gasteiger charge is 2.15. The monoisotopic (exact) mass is 413 g/mol. The SMILES string of the molecule is COc1ccc(OCCNC(=O)c2csc(Nc3ccc4c(c3)OCO4)n2)cc1. The van der Waals surface area contributed by atoms with E-state index in [0.717, 1.165) is 11.4 Å². The van der Waals surface area contributed by atoms with Crippen LogP contribution in [-0.4, -0.2) is 37.9 Å². The zero-order valence-corrected chi connectivity index (χ0v) is 16.5. The molecule has 4 rings (SSSR count). The summed E-state index contributed by atoms with van der Waals surface area (Å²) in [6, 6.07) is 12.8. The van der Waals surface area contributed by atoms with Crippen molar-refractivity contribution in [3.8, 4) is 23.0 Å². The van der Waals surface area contributed by atoms with Crippen LogP contribution in [0.2, 0.25) is 0 Å². The Labute approximate surface area is 171 Å². The summed E-state index contributed by atoms with van der Waals surface area (Å²) in [7, 11) is 1.61. The highest BCUT2D eigenvalue weighted by molar-refractivity contribution is 7.14. The van der Waals surface area contributed by atoms with Gasteiger partial charge in [0.25, 0.3) is 5.91 Å². The van der Waals surface area contributed by atoms with E-state index in [4.69, 9.17) is 18.9 Å². The van der Waals surface area contributed by atoms with E-state index in [1.807, 2.05) is 42.5 Å². The molecule has 1 aliphatic rings.